The van der Waals surface area contributed by atoms with Crippen molar-refractivity contribution in [3.63, 3.8) is 0 Å². The summed E-state index contributed by atoms with van der Waals surface area (Å²) in [6, 6.07) is 14.0. The average molecular weight is 390 g/mol. The highest BCUT2D eigenvalue weighted by molar-refractivity contribution is 9.10. The predicted molar refractivity (Wildman–Crippen MR) is 91.4 cm³/mol. The molecule has 1 atom stereocenters. The van der Waals surface area contributed by atoms with Gasteiger partial charge in [-0.15, -0.1) is 0 Å². The summed E-state index contributed by atoms with van der Waals surface area (Å²) in [5, 5.41) is 9.48. The lowest BCUT2D eigenvalue weighted by Gasteiger charge is -2.34. The topological polar surface area (TPSA) is 66.8 Å². The third kappa shape index (κ3) is 3.43. The van der Waals surface area contributed by atoms with E-state index in [0.717, 1.165) is 21.2 Å². The van der Waals surface area contributed by atoms with E-state index in [1.165, 1.54) is 4.90 Å². The predicted octanol–water partition coefficient (Wildman–Crippen LogP) is 3.60. The summed E-state index contributed by atoms with van der Waals surface area (Å²) >= 11 is 3.47. The van der Waals surface area contributed by atoms with Crippen LogP contribution >= 0.6 is 15.9 Å². The first-order valence-electron chi connectivity index (χ1n) is 7.52. The standard InChI is InChI=1S/C18H16BrNO4/c19-15-8-4-7-13-9-16(17(21)22)20(10-14(13)15)18(23)24-11-12-5-2-1-3-6-12/h1-8,16H,9-11H2,(H,21,22). The van der Waals surface area contributed by atoms with E-state index in [-0.39, 0.29) is 19.6 Å². The number of aliphatic carboxylic acids is 1. The Morgan fingerprint density at radius 3 is 2.62 bits per heavy atom. The Morgan fingerprint density at radius 2 is 1.92 bits per heavy atom. The number of rotatable bonds is 3. The Morgan fingerprint density at radius 1 is 1.17 bits per heavy atom. The molecule has 0 radical (unpaired) electrons. The van der Waals surface area contributed by atoms with Crippen LogP contribution in [0.5, 0.6) is 0 Å². The van der Waals surface area contributed by atoms with Crippen LogP contribution in [0, 0.1) is 0 Å². The molecule has 3 rings (SSSR count). The van der Waals surface area contributed by atoms with Crippen LogP contribution in [0.1, 0.15) is 16.7 Å². The number of hydrogen-bond donors (Lipinski definition) is 1. The number of ether oxygens (including phenoxy) is 1. The fraction of sp³-hybridized carbons (Fsp3) is 0.222. The van der Waals surface area contributed by atoms with Crippen LogP contribution in [-0.2, 0) is 29.1 Å². The van der Waals surface area contributed by atoms with Crippen LogP contribution in [0.15, 0.2) is 53.0 Å². The van der Waals surface area contributed by atoms with Gasteiger partial charge >= 0.3 is 12.1 Å². The fourth-order valence-corrected chi connectivity index (χ4v) is 3.32. The Kier molecular flexibility index (Phi) is 4.85. The van der Waals surface area contributed by atoms with Gasteiger partial charge in [-0.3, -0.25) is 4.90 Å². The van der Waals surface area contributed by atoms with Gasteiger partial charge in [0.05, 0.1) is 6.54 Å². The number of hydrogen-bond acceptors (Lipinski definition) is 3. The molecule has 1 heterocycles. The van der Waals surface area contributed by atoms with E-state index in [2.05, 4.69) is 15.9 Å². The second-order valence-electron chi connectivity index (χ2n) is 5.60. The lowest BCUT2D eigenvalue weighted by Crippen LogP contribution is -2.48. The van der Waals surface area contributed by atoms with Crippen molar-refractivity contribution in [2.75, 3.05) is 0 Å². The third-order valence-corrected chi connectivity index (χ3v) is 4.80. The van der Waals surface area contributed by atoms with E-state index >= 15 is 0 Å². The van der Waals surface area contributed by atoms with Gasteiger partial charge < -0.3 is 9.84 Å². The minimum Gasteiger partial charge on any atom is -0.480 e. The molecule has 1 aliphatic heterocycles. The zero-order chi connectivity index (χ0) is 17.1. The number of nitrogens with zero attached hydrogens (tertiary/aromatic N) is 1. The molecule has 6 heteroatoms. The molecule has 2 aromatic carbocycles. The maximum atomic E-state index is 12.4. The highest BCUT2D eigenvalue weighted by Crippen LogP contribution is 2.30. The van der Waals surface area contributed by atoms with Crippen LogP contribution in [0.25, 0.3) is 0 Å². The number of benzene rings is 2. The van der Waals surface area contributed by atoms with E-state index in [0.29, 0.717) is 0 Å². The Bertz CT molecular complexity index is 763. The summed E-state index contributed by atoms with van der Waals surface area (Å²) in [6.07, 6.45) is -0.350. The van der Waals surface area contributed by atoms with Gasteiger partial charge in [-0.25, -0.2) is 9.59 Å². The maximum Gasteiger partial charge on any atom is 0.411 e. The van der Waals surface area contributed by atoms with Crippen LogP contribution in [0.3, 0.4) is 0 Å². The number of carbonyl (C=O) groups is 2. The van der Waals surface area contributed by atoms with Crippen molar-refractivity contribution in [2.45, 2.75) is 25.6 Å². The third-order valence-electron chi connectivity index (χ3n) is 4.06. The molecule has 5 nitrogen and oxygen atoms in total. The van der Waals surface area contributed by atoms with Crippen molar-refractivity contribution >= 4 is 28.0 Å². The molecule has 1 unspecified atom stereocenters. The first-order chi connectivity index (χ1) is 11.6. The molecule has 2 aromatic rings. The average Bonchev–Trinajstić information content (AvgIpc) is 2.60. The maximum absolute atomic E-state index is 12.4. The minimum absolute atomic E-state index is 0.116. The second-order valence-corrected chi connectivity index (χ2v) is 6.46. The first kappa shape index (κ1) is 16.5. The van der Waals surface area contributed by atoms with E-state index in [9.17, 15) is 14.7 Å². The Hall–Kier alpha value is -2.34. The molecule has 0 fully saturated rings. The molecule has 0 aromatic heterocycles. The molecule has 24 heavy (non-hydrogen) atoms. The number of carboxylic acid groups (broad SMARTS) is 1. The zero-order valence-corrected chi connectivity index (χ0v) is 14.4. The van der Waals surface area contributed by atoms with Gasteiger partial charge in [0.15, 0.2) is 0 Å². The highest BCUT2D eigenvalue weighted by atomic mass is 79.9. The van der Waals surface area contributed by atoms with Crippen LogP contribution in [0.4, 0.5) is 4.79 Å². The number of fused-ring (bicyclic) bond motifs is 1. The molecular weight excluding hydrogens is 374 g/mol. The van der Waals surface area contributed by atoms with E-state index in [1.807, 2.05) is 48.5 Å². The SMILES string of the molecule is O=C(O)C1Cc2cccc(Br)c2CN1C(=O)OCc1ccccc1. The summed E-state index contributed by atoms with van der Waals surface area (Å²) in [4.78, 5) is 25.3. The van der Waals surface area contributed by atoms with Crippen LogP contribution in [-0.4, -0.2) is 28.1 Å². The molecular formula is C18H16BrNO4. The van der Waals surface area contributed by atoms with Crippen molar-refractivity contribution in [1.29, 1.82) is 0 Å². The van der Waals surface area contributed by atoms with Gasteiger partial charge in [0.2, 0.25) is 0 Å². The van der Waals surface area contributed by atoms with Crippen molar-refractivity contribution in [2.24, 2.45) is 0 Å². The molecule has 0 saturated heterocycles. The van der Waals surface area contributed by atoms with Crippen LogP contribution in [0.2, 0.25) is 0 Å². The number of carbonyl (C=O) groups excluding carboxylic acids is 1. The number of halogens is 1. The van der Waals surface area contributed by atoms with Gasteiger partial charge in [0.25, 0.3) is 0 Å². The van der Waals surface area contributed by atoms with E-state index in [4.69, 9.17) is 4.74 Å². The van der Waals surface area contributed by atoms with Crippen LogP contribution < -0.4 is 0 Å². The summed E-state index contributed by atoms with van der Waals surface area (Å²) in [5.41, 5.74) is 2.71. The van der Waals surface area contributed by atoms with E-state index < -0.39 is 18.1 Å². The van der Waals surface area contributed by atoms with Gasteiger partial charge in [-0.05, 0) is 22.8 Å². The molecule has 0 saturated carbocycles. The van der Waals surface area contributed by atoms with Gasteiger partial charge in [-0.2, -0.15) is 0 Å². The number of carboxylic acids is 1. The highest BCUT2D eigenvalue weighted by Gasteiger charge is 2.36. The molecule has 0 bridgehead atoms. The second kappa shape index (κ2) is 7.05. The smallest absolute Gasteiger partial charge is 0.411 e. The lowest BCUT2D eigenvalue weighted by atomic mass is 9.94. The molecule has 1 aliphatic rings. The van der Waals surface area contributed by atoms with Gasteiger partial charge in [-0.1, -0.05) is 58.4 Å². The van der Waals surface area contributed by atoms with Crippen molar-refractivity contribution in [3.05, 3.63) is 69.7 Å². The van der Waals surface area contributed by atoms with Crippen molar-refractivity contribution in [3.8, 4) is 0 Å². The Balaban J connectivity index is 1.78. The monoisotopic (exact) mass is 389 g/mol. The minimum atomic E-state index is -1.03. The molecule has 1 N–H and O–H groups in total. The fourth-order valence-electron chi connectivity index (χ4n) is 2.79. The quantitative estimate of drug-likeness (QED) is 0.870. The van der Waals surface area contributed by atoms with Gasteiger partial charge in [0.1, 0.15) is 12.6 Å². The van der Waals surface area contributed by atoms with Crippen molar-refractivity contribution < 1.29 is 19.4 Å². The molecule has 0 spiro atoms. The summed E-state index contributed by atoms with van der Waals surface area (Å²) in [7, 11) is 0. The Labute approximate surface area is 148 Å². The normalized spacial score (nSPS) is 16.4. The number of amides is 1. The van der Waals surface area contributed by atoms with Crippen molar-refractivity contribution in [1.82, 2.24) is 4.90 Å². The molecule has 124 valence electrons. The van der Waals surface area contributed by atoms with Gasteiger partial charge in [0, 0.05) is 10.9 Å². The largest absolute Gasteiger partial charge is 0.480 e. The van der Waals surface area contributed by atoms with E-state index in [1.54, 1.807) is 0 Å². The lowest BCUT2D eigenvalue weighted by molar-refractivity contribution is -0.143. The summed E-state index contributed by atoms with van der Waals surface area (Å²) in [6.45, 7) is 0.326. The summed E-state index contributed by atoms with van der Waals surface area (Å²) in [5.74, 6) is -1.03. The zero-order valence-electron chi connectivity index (χ0n) is 12.8. The molecule has 1 amide bonds. The first-order valence-corrected chi connectivity index (χ1v) is 8.32. The molecule has 0 aliphatic carbocycles. The summed E-state index contributed by atoms with van der Waals surface area (Å²) < 4.78 is 6.18.